The monoisotopic (exact) mass is 395 g/mol. The number of pyridine rings is 1. The lowest BCUT2D eigenvalue weighted by molar-refractivity contribution is -0.111. The number of amides is 1. The van der Waals surface area contributed by atoms with Gasteiger partial charge in [0.1, 0.15) is 0 Å². The number of aromatic nitrogens is 2. The molecule has 0 aliphatic rings. The van der Waals surface area contributed by atoms with E-state index in [0.717, 1.165) is 33.3 Å². The molecule has 0 unspecified atom stereocenters. The molecule has 0 aliphatic carbocycles. The van der Waals surface area contributed by atoms with Crippen LogP contribution in [0.3, 0.4) is 0 Å². The van der Waals surface area contributed by atoms with E-state index < -0.39 is 0 Å². The van der Waals surface area contributed by atoms with Gasteiger partial charge in [0.15, 0.2) is 0 Å². The van der Waals surface area contributed by atoms with Crippen molar-refractivity contribution in [2.75, 3.05) is 5.32 Å². The molecular weight excluding hydrogens is 370 g/mol. The molecule has 2 N–H and O–H groups in total. The van der Waals surface area contributed by atoms with Gasteiger partial charge >= 0.3 is 0 Å². The van der Waals surface area contributed by atoms with Crippen molar-refractivity contribution >= 4 is 28.1 Å². The van der Waals surface area contributed by atoms with E-state index in [2.05, 4.69) is 60.3 Å². The van der Waals surface area contributed by atoms with Crippen LogP contribution in [0.4, 0.5) is 5.69 Å². The quantitative estimate of drug-likeness (QED) is 0.421. The molecule has 2 aromatic carbocycles. The van der Waals surface area contributed by atoms with Gasteiger partial charge in [0.25, 0.3) is 0 Å². The summed E-state index contributed by atoms with van der Waals surface area (Å²) in [4.78, 5) is 20.2. The molecular formula is C26H25N3O. The SMILES string of the molecule is CC(C)(C)c1ccc(/C(=C/C(=O)Nc2ccc3[nH]ccc3c2)c2cccnc2)cc1. The van der Waals surface area contributed by atoms with Gasteiger partial charge in [0.05, 0.1) is 0 Å². The van der Waals surface area contributed by atoms with E-state index in [1.165, 1.54) is 5.56 Å². The van der Waals surface area contributed by atoms with Crippen molar-refractivity contribution in [3.05, 3.63) is 102 Å². The fraction of sp³-hybridized carbons (Fsp3) is 0.154. The summed E-state index contributed by atoms with van der Waals surface area (Å²) in [5.74, 6) is -0.177. The highest BCUT2D eigenvalue weighted by Crippen LogP contribution is 2.27. The minimum atomic E-state index is -0.177. The first kappa shape index (κ1) is 19.6. The first-order valence-electron chi connectivity index (χ1n) is 10.0. The van der Waals surface area contributed by atoms with Gasteiger partial charge in [-0.25, -0.2) is 0 Å². The van der Waals surface area contributed by atoms with Gasteiger partial charge in [-0.2, -0.15) is 0 Å². The fourth-order valence-corrected chi connectivity index (χ4v) is 3.45. The number of fused-ring (bicyclic) bond motifs is 1. The van der Waals surface area contributed by atoms with Crippen LogP contribution in [0.1, 0.15) is 37.5 Å². The second kappa shape index (κ2) is 7.99. The van der Waals surface area contributed by atoms with Gasteiger partial charge in [-0.1, -0.05) is 51.1 Å². The minimum absolute atomic E-state index is 0.0744. The minimum Gasteiger partial charge on any atom is -0.361 e. The van der Waals surface area contributed by atoms with Crippen molar-refractivity contribution in [3.63, 3.8) is 0 Å². The van der Waals surface area contributed by atoms with Crippen LogP contribution in [-0.2, 0) is 10.2 Å². The summed E-state index contributed by atoms with van der Waals surface area (Å²) >= 11 is 0. The molecule has 4 aromatic rings. The summed E-state index contributed by atoms with van der Waals surface area (Å²) in [6, 6.07) is 20.0. The van der Waals surface area contributed by atoms with Crippen molar-refractivity contribution in [3.8, 4) is 0 Å². The predicted molar refractivity (Wildman–Crippen MR) is 123 cm³/mol. The summed E-state index contributed by atoms with van der Waals surface area (Å²) in [5, 5.41) is 4.04. The fourth-order valence-electron chi connectivity index (χ4n) is 3.45. The number of nitrogens with zero attached hydrogens (tertiary/aromatic N) is 1. The number of rotatable bonds is 4. The van der Waals surface area contributed by atoms with E-state index in [-0.39, 0.29) is 11.3 Å². The molecule has 0 saturated carbocycles. The average molecular weight is 396 g/mol. The summed E-state index contributed by atoms with van der Waals surface area (Å²) in [5.41, 5.74) is 5.84. The standard InChI is InChI=1S/C26H25N3O/c1-26(2,3)21-8-6-18(7-9-21)23(20-5-4-13-27-17-20)16-25(30)29-22-10-11-24-19(15-22)12-14-28-24/h4-17,28H,1-3H3,(H,29,30)/b23-16-. The highest BCUT2D eigenvalue weighted by atomic mass is 16.1. The largest absolute Gasteiger partial charge is 0.361 e. The van der Waals surface area contributed by atoms with Gasteiger partial charge in [0, 0.05) is 46.8 Å². The van der Waals surface area contributed by atoms with Crippen molar-refractivity contribution in [2.45, 2.75) is 26.2 Å². The van der Waals surface area contributed by atoms with Crippen LogP contribution < -0.4 is 5.32 Å². The molecule has 4 heteroatoms. The number of anilines is 1. The molecule has 0 atom stereocenters. The number of hydrogen-bond acceptors (Lipinski definition) is 2. The van der Waals surface area contributed by atoms with E-state index in [9.17, 15) is 4.79 Å². The predicted octanol–water partition coefficient (Wildman–Crippen LogP) is 5.93. The molecule has 0 spiro atoms. The number of carbonyl (C=O) groups is 1. The Kier molecular flexibility index (Phi) is 5.23. The highest BCUT2D eigenvalue weighted by Gasteiger charge is 2.15. The Labute approximate surface area is 176 Å². The van der Waals surface area contributed by atoms with Gasteiger partial charge < -0.3 is 10.3 Å². The zero-order chi connectivity index (χ0) is 21.1. The van der Waals surface area contributed by atoms with Crippen LogP contribution in [0.2, 0.25) is 0 Å². The first-order valence-corrected chi connectivity index (χ1v) is 10.0. The van der Waals surface area contributed by atoms with E-state index in [0.29, 0.717) is 0 Å². The molecule has 4 rings (SSSR count). The first-order chi connectivity index (χ1) is 14.4. The smallest absolute Gasteiger partial charge is 0.249 e. The van der Waals surface area contributed by atoms with E-state index in [4.69, 9.17) is 0 Å². The number of nitrogens with one attached hydrogen (secondary N) is 2. The zero-order valence-electron chi connectivity index (χ0n) is 17.4. The lowest BCUT2D eigenvalue weighted by Crippen LogP contribution is -2.11. The Morgan fingerprint density at radius 1 is 1.00 bits per heavy atom. The molecule has 0 saturated heterocycles. The Morgan fingerprint density at radius 3 is 2.50 bits per heavy atom. The van der Waals surface area contributed by atoms with Gasteiger partial charge in [-0.15, -0.1) is 0 Å². The zero-order valence-corrected chi connectivity index (χ0v) is 17.4. The Balaban J connectivity index is 1.66. The molecule has 2 heterocycles. The lowest BCUT2D eigenvalue weighted by atomic mass is 9.86. The van der Waals surface area contributed by atoms with Crippen LogP contribution in [0.25, 0.3) is 16.5 Å². The third kappa shape index (κ3) is 4.33. The van der Waals surface area contributed by atoms with Crippen molar-refractivity contribution in [2.24, 2.45) is 0 Å². The van der Waals surface area contributed by atoms with Crippen LogP contribution in [-0.4, -0.2) is 15.9 Å². The number of benzene rings is 2. The van der Waals surface area contributed by atoms with E-state index in [1.807, 2.05) is 42.6 Å². The third-order valence-electron chi connectivity index (χ3n) is 5.13. The van der Waals surface area contributed by atoms with Crippen LogP contribution in [0.5, 0.6) is 0 Å². The topological polar surface area (TPSA) is 57.8 Å². The number of hydrogen-bond donors (Lipinski definition) is 2. The second-order valence-electron chi connectivity index (χ2n) is 8.40. The number of H-pyrrole nitrogens is 1. The molecule has 30 heavy (non-hydrogen) atoms. The van der Waals surface area contributed by atoms with E-state index in [1.54, 1.807) is 18.5 Å². The van der Waals surface area contributed by atoms with Crippen molar-refractivity contribution < 1.29 is 4.79 Å². The van der Waals surface area contributed by atoms with Crippen LogP contribution >= 0.6 is 0 Å². The normalized spacial score (nSPS) is 12.2. The molecule has 0 aliphatic heterocycles. The van der Waals surface area contributed by atoms with E-state index >= 15 is 0 Å². The lowest BCUT2D eigenvalue weighted by Gasteiger charge is -2.19. The Hall–Kier alpha value is -3.66. The molecule has 0 radical (unpaired) electrons. The van der Waals surface area contributed by atoms with Crippen molar-refractivity contribution in [1.29, 1.82) is 0 Å². The van der Waals surface area contributed by atoms with Crippen LogP contribution in [0.15, 0.2) is 85.3 Å². The van der Waals surface area contributed by atoms with Crippen LogP contribution in [0, 0.1) is 0 Å². The summed E-state index contributed by atoms with van der Waals surface area (Å²) in [6.45, 7) is 6.57. The Morgan fingerprint density at radius 2 is 1.80 bits per heavy atom. The number of carbonyl (C=O) groups excluding carboxylic acids is 1. The average Bonchev–Trinajstić information content (AvgIpc) is 3.20. The van der Waals surface area contributed by atoms with Gasteiger partial charge in [-0.05, 0) is 52.4 Å². The van der Waals surface area contributed by atoms with Gasteiger partial charge in [-0.3, -0.25) is 9.78 Å². The Bertz CT molecular complexity index is 1200. The molecule has 4 nitrogen and oxygen atoms in total. The summed E-state index contributed by atoms with van der Waals surface area (Å²) < 4.78 is 0. The van der Waals surface area contributed by atoms with Gasteiger partial charge in [0.2, 0.25) is 5.91 Å². The maximum Gasteiger partial charge on any atom is 0.249 e. The number of aromatic amines is 1. The molecule has 1 amide bonds. The maximum absolute atomic E-state index is 12.9. The maximum atomic E-state index is 12.9. The third-order valence-corrected chi connectivity index (χ3v) is 5.13. The van der Waals surface area contributed by atoms with Crippen molar-refractivity contribution in [1.82, 2.24) is 9.97 Å². The molecule has 0 fully saturated rings. The summed E-state index contributed by atoms with van der Waals surface area (Å²) in [6.07, 6.45) is 7.04. The summed E-state index contributed by atoms with van der Waals surface area (Å²) in [7, 11) is 0. The molecule has 150 valence electrons. The molecule has 0 bridgehead atoms. The second-order valence-corrected chi connectivity index (χ2v) is 8.40. The molecule has 2 aromatic heterocycles. The highest BCUT2D eigenvalue weighted by molar-refractivity contribution is 6.06.